The van der Waals surface area contributed by atoms with Gasteiger partial charge in [0.25, 0.3) is 0 Å². The van der Waals surface area contributed by atoms with Gasteiger partial charge in [-0.1, -0.05) is 31.9 Å². The molecule has 172 valence electrons. The monoisotopic (exact) mass is 444 g/mol. The lowest BCUT2D eigenvalue weighted by atomic mass is 10.0. The number of amides is 1. The number of hydrogen-bond donors (Lipinski definition) is 1. The van der Waals surface area contributed by atoms with Crippen molar-refractivity contribution in [3.8, 4) is 11.1 Å². The fourth-order valence-corrected chi connectivity index (χ4v) is 4.38. The van der Waals surface area contributed by atoms with Crippen LogP contribution in [-0.4, -0.2) is 40.0 Å². The second-order valence-corrected chi connectivity index (χ2v) is 8.32. The van der Waals surface area contributed by atoms with Crippen LogP contribution in [0.3, 0.4) is 0 Å². The predicted molar refractivity (Wildman–Crippen MR) is 134 cm³/mol. The quantitative estimate of drug-likeness (QED) is 0.505. The van der Waals surface area contributed by atoms with Crippen molar-refractivity contribution >= 4 is 29.0 Å². The van der Waals surface area contributed by atoms with Gasteiger partial charge in [-0.25, -0.2) is 4.98 Å². The summed E-state index contributed by atoms with van der Waals surface area (Å²) >= 11 is 0. The van der Waals surface area contributed by atoms with Crippen molar-refractivity contribution in [2.75, 3.05) is 28.2 Å². The molecule has 0 radical (unpaired) electrons. The number of nitrogens with zero attached hydrogens (tertiary/aromatic N) is 5. The minimum Gasteiger partial charge on any atom is -0.343 e. The van der Waals surface area contributed by atoms with Crippen LogP contribution in [0, 0.1) is 6.92 Å². The molecule has 0 saturated carbocycles. The third-order valence-electron chi connectivity index (χ3n) is 6.10. The Balaban J connectivity index is 1.60. The molecule has 1 unspecified atom stereocenters. The Morgan fingerprint density at radius 1 is 1.00 bits per heavy atom. The molecule has 4 rings (SSSR count). The average Bonchev–Trinajstić information content (AvgIpc) is 2.83. The van der Waals surface area contributed by atoms with Gasteiger partial charge in [-0.15, -0.1) is 0 Å². The summed E-state index contributed by atoms with van der Waals surface area (Å²) in [6, 6.07) is 12.1. The van der Waals surface area contributed by atoms with E-state index in [4.69, 9.17) is 4.98 Å². The van der Waals surface area contributed by atoms with Crippen LogP contribution in [-0.2, 0) is 4.79 Å². The molecule has 1 aliphatic rings. The van der Waals surface area contributed by atoms with Gasteiger partial charge in [-0.2, -0.15) is 4.98 Å². The number of pyridine rings is 1. The third kappa shape index (κ3) is 4.67. The van der Waals surface area contributed by atoms with Crippen molar-refractivity contribution in [2.24, 2.45) is 0 Å². The van der Waals surface area contributed by atoms with E-state index in [0.29, 0.717) is 12.5 Å². The van der Waals surface area contributed by atoms with E-state index in [1.807, 2.05) is 43.1 Å². The number of rotatable bonds is 8. The van der Waals surface area contributed by atoms with Gasteiger partial charge in [0.15, 0.2) is 5.82 Å². The molecule has 33 heavy (non-hydrogen) atoms. The van der Waals surface area contributed by atoms with Crippen LogP contribution < -0.4 is 15.1 Å². The van der Waals surface area contributed by atoms with E-state index in [1.165, 1.54) is 0 Å². The summed E-state index contributed by atoms with van der Waals surface area (Å²) in [5, 5.41) is 3.33. The Hall–Kier alpha value is -3.48. The molecule has 3 aromatic rings. The summed E-state index contributed by atoms with van der Waals surface area (Å²) in [5.41, 5.74) is 4.96. The topological polar surface area (TPSA) is 74.2 Å². The SMILES string of the molecule is CCCCC1C(=O)N(CC)c2cnc(Nc3ccc(-c4ccnc(C)c4)cc3)nc2N1CC. The number of anilines is 4. The Labute approximate surface area is 195 Å². The molecule has 0 bridgehead atoms. The standard InChI is InChI=1S/C26H32N6O/c1-5-8-9-22-25(33)32(7-3)23-17-28-26(30-24(23)31(22)6-2)29-21-12-10-19(11-13-21)20-14-15-27-18(4)16-20/h10-17,22H,5-9H2,1-4H3,(H,28,29,30). The van der Waals surface area contributed by atoms with Crippen LogP contribution in [0.25, 0.3) is 11.1 Å². The van der Waals surface area contributed by atoms with E-state index in [-0.39, 0.29) is 11.9 Å². The molecular weight excluding hydrogens is 412 g/mol. The van der Waals surface area contributed by atoms with E-state index in [0.717, 1.165) is 59.8 Å². The first-order chi connectivity index (χ1) is 16.0. The van der Waals surface area contributed by atoms with Gasteiger partial charge in [-0.05, 0) is 62.6 Å². The smallest absolute Gasteiger partial charge is 0.249 e. The van der Waals surface area contributed by atoms with Gasteiger partial charge in [0.1, 0.15) is 11.7 Å². The molecule has 1 N–H and O–H groups in total. The maximum absolute atomic E-state index is 13.1. The molecule has 0 fully saturated rings. The first-order valence-electron chi connectivity index (χ1n) is 11.8. The maximum atomic E-state index is 13.1. The normalized spacial score (nSPS) is 15.5. The summed E-state index contributed by atoms with van der Waals surface area (Å²) in [6.45, 7) is 9.55. The van der Waals surface area contributed by atoms with E-state index >= 15 is 0 Å². The molecule has 3 heterocycles. The van der Waals surface area contributed by atoms with Gasteiger partial charge in [-0.3, -0.25) is 9.78 Å². The Kier molecular flexibility index (Phi) is 6.87. The van der Waals surface area contributed by atoms with Crippen molar-refractivity contribution < 1.29 is 4.79 Å². The van der Waals surface area contributed by atoms with E-state index < -0.39 is 0 Å². The highest BCUT2D eigenvalue weighted by Gasteiger charge is 2.37. The number of fused-ring (bicyclic) bond motifs is 1. The molecule has 0 aliphatic carbocycles. The fraction of sp³-hybridized carbons (Fsp3) is 0.385. The molecule has 7 nitrogen and oxygen atoms in total. The Morgan fingerprint density at radius 3 is 2.45 bits per heavy atom. The molecule has 0 saturated heterocycles. The molecule has 1 amide bonds. The first kappa shape index (κ1) is 22.7. The highest BCUT2D eigenvalue weighted by molar-refractivity contribution is 6.04. The molecule has 1 aromatic carbocycles. The van der Waals surface area contributed by atoms with Gasteiger partial charge in [0.05, 0.1) is 6.20 Å². The lowest BCUT2D eigenvalue weighted by Gasteiger charge is -2.41. The summed E-state index contributed by atoms with van der Waals surface area (Å²) < 4.78 is 0. The number of nitrogens with one attached hydrogen (secondary N) is 1. The molecule has 7 heteroatoms. The summed E-state index contributed by atoms with van der Waals surface area (Å²) in [7, 11) is 0. The van der Waals surface area contributed by atoms with E-state index in [9.17, 15) is 4.79 Å². The van der Waals surface area contributed by atoms with E-state index in [1.54, 1.807) is 6.20 Å². The van der Waals surface area contributed by atoms with Crippen LogP contribution in [0.1, 0.15) is 45.7 Å². The number of carbonyl (C=O) groups is 1. The summed E-state index contributed by atoms with van der Waals surface area (Å²) in [5.74, 6) is 1.49. The second-order valence-electron chi connectivity index (χ2n) is 8.32. The first-order valence-corrected chi connectivity index (χ1v) is 11.8. The van der Waals surface area contributed by atoms with Crippen LogP contribution in [0.5, 0.6) is 0 Å². The number of carbonyl (C=O) groups excluding carboxylic acids is 1. The number of benzene rings is 1. The van der Waals surface area contributed by atoms with Crippen molar-refractivity contribution in [3.63, 3.8) is 0 Å². The van der Waals surface area contributed by atoms with Crippen molar-refractivity contribution in [3.05, 3.63) is 54.5 Å². The number of aryl methyl sites for hydroxylation is 1. The van der Waals surface area contributed by atoms with Gasteiger partial charge in [0.2, 0.25) is 11.9 Å². The van der Waals surface area contributed by atoms with Crippen molar-refractivity contribution in [1.29, 1.82) is 0 Å². The Bertz CT molecular complexity index is 1110. The van der Waals surface area contributed by atoms with Crippen LogP contribution in [0.15, 0.2) is 48.8 Å². The highest BCUT2D eigenvalue weighted by atomic mass is 16.2. The van der Waals surface area contributed by atoms with Crippen LogP contribution in [0.2, 0.25) is 0 Å². The molecule has 1 atom stereocenters. The van der Waals surface area contributed by atoms with Gasteiger partial charge in [0, 0.05) is 30.7 Å². The molecule has 1 aliphatic heterocycles. The van der Waals surface area contributed by atoms with Crippen LogP contribution in [0.4, 0.5) is 23.1 Å². The second kappa shape index (κ2) is 9.98. The van der Waals surface area contributed by atoms with Gasteiger partial charge >= 0.3 is 0 Å². The van der Waals surface area contributed by atoms with Gasteiger partial charge < -0.3 is 15.1 Å². The lowest BCUT2D eigenvalue weighted by Crippen LogP contribution is -2.54. The molecule has 0 spiro atoms. The third-order valence-corrected chi connectivity index (χ3v) is 6.10. The minimum absolute atomic E-state index is 0.145. The average molecular weight is 445 g/mol. The highest BCUT2D eigenvalue weighted by Crippen LogP contribution is 2.36. The van der Waals surface area contributed by atoms with E-state index in [2.05, 4.69) is 52.2 Å². The summed E-state index contributed by atoms with van der Waals surface area (Å²) in [4.78, 5) is 30.7. The lowest BCUT2D eigenvalue weighted by molar-refractivity contribution is -0.120. The molecule has 2 aromatic heterocycles. The predicted octanol–water partition coefficient (Wildman–Crippen LogP) is 5.34. The zero-order chi connectivity index (χ0) is 23.4. The number of likely N-dealkylation sites (N-methyl/N-ethyl adjacent to an activating group) is 2. The fourth-order valence-electron chi connectivity index (χ4n) is 4.38. The molecular formula is C26H32N6O. The van der Waals surface area contributed by atoms with Crippen LogP contribution >= 0.6 is 0 Å². The van der Waals surface area contributed by atoms with Crippen molar-refractivity contribution in [2.45, 2.75) is 53.0 Å². The zero-order valence-electron chi connectivity index (χ0n) is 19.9. The maximum Gasteiger partial charge on any atom is 0.249 e. The number of aromatic nitrogens is 3. The van der Waals surface area contributed by atoms with Crippen molar-refractivity contribution in [1.82, 2.24) is 15.0 Å². The zero-order valence-corrected chi connectivity index (χ0v) is 19.9. The largest absolute Gasteiger partial charge is 0.343 e. The number of unbranched alkanes of at least 4 members (excludes halogenated alkanes) is 1. The minimum atomic E-state index is -0.173. The Morgan fingerprint density at radius 2 is 1.79 bits per heavy atom. The number of hydrogen-bond acceptors (Lipinski definition) is 6. The summed E-state index contributed by atoms with van der Waals surface area (Å²) in [6.07, 6.45) is 6.50.